The molecule has 0 spiro atoms. The highest BCUT2D eigenvalue weighted by Gasteiger charge is 2.26. The molecule has 0 aliphatic carbocycles. The van der Waals surface area contributed by atoms with Crippen LogP contribution in [-0.2, 0) is 21.7 Å². The number of rotatable bonds is 4. The molecule has 40 heavy (non-hydrogen) atoms. The number of nitrogens with zero attached hydrogens (tertiary/aromatic N) is 2. The Hall–Kier alpha value is -3.40. The molecule has 0 aromatic heterocycles. The van der Waals surface area contributed by atoms with Crippen molar-refractivity contribution in [1.82, 2.24) is 0 Å². The molecule has 3 rings (SSSR count). The second-order valence-electron chi connectivity index (χ2n) is 14.9. The van der Waals surface area contributed by atoms with Gasteiger partial charge in [-0.05, 0) is 57.1 Å². The minimum Gasteiger partial charge on any atom is -0.507 e. The lowest BCUT2D eigenvalue weighted by molar-refractivity contribution is 0.443. The van der Waals surface area contributed by atoms with Crippen LogP contribution in [0.1, 0.15) is 116 Å². The van der Waals surface area contributed by atoms with Gasteiger partial charge in [-0.15, -0.1) is 0 Å². The molecular formula is C36H48N2O2. The van der Waals surface area contributed by atoms with E-state index in [1.807, 2.05) is 36.4 Å². The first kappa shape index (κ1) is 31.1. The Labute approximate surface area is 241 Å². The van der Waals surface area contributed by atoms with Gasteiger partial charge in [0.25, 0.3) is 0 Å². The Morgan fingerprint density at radius 2 is 0.825 bits per heavy atom. The monoisotopic (exact) mass is 540 g/mol. The number of hydrogen-bond acceptors (Lipinski definition) is 4. The predicted molar refractivity (Wildman–Crippen MR) is 172 cm³/mol. The molecular weight excluding hydrogens is 492 g/mol. The largest absolute Gasteiger partial charge is 0.507 e. The summed E-state index contributed by atoms with van der Waals surface area (Å²) in [6.45, 7) is 25.7. The standard InChI is InChI=1S/C36H48N2O2/c1-33(2,3)25-17-23(31(39)27(19-25)35(7,8)9)21-37-29-15-13-14-16-30(29)38-22-24-18-26(34(4,5)6)20-28(32(24)40)36(10,11)12/h13-22,39-40H,1-12H3. The summed E-state index contributed by atoms with van der Waals surface area (Å²) < 4.78 is 0. The van der Waals surface area contributed by atoms with Crippen LogP contribution < -0.4 is 0 Å². The van der Waals surface area contributed by atoms with Gasteiger partial charge in [0.15, 0.2) is 0 Å². The zero-order chi connectivity index (χ0) is 30.3. The summed E-state index contributed by atoms with van der Waals surface area (Å²) in [6.07, 6.45) is 3.45. The van der Waals surface area contributed by atoms with Crippen molar-refractivity contribution >= 4 is 23.8 Å². The van der Waals surface area contributed by atoms with E-state index in [2.05, 4.69) is 95.2 Å². The summed E-state index contributed by atoms with van der Waals surface area (Å²) in [4.78, 5) is 9.54. The first-order chi connectivity index (χ1) is 18.2. The SMILES string of the molecule is CC(C)(C)c1cc(C=Nc2ccccc2N=Cc2cc(C(C)(C)C)cc(C(C)(C)C)c2O)c(O)c(C(C)(C)C)c1. The first-order valence-electron chi connectivity index (χ1n) is 14.1. The average Bonchev–Trinajstić information content (AvgIpc) is 2.80. The van der Waals surface area contributed by atoms with Crippen molar-refractivity contribution < 1.29 is 10.2 Å². The molecule has 3 aromatic rings. The van der Waals surface area contributed by atoms with Gasteiger partial charge in [0.05, 0.1) is 11.4 Å². The fraction of sp³-hybridized carbons (Fsp3) is 0.444. The molecule has 0 aliphatic heterocycles. The van der Waals surface area contributed by atoms with Gasteiger partial charge in [-0.3, -0.25) is 9.98 Å². The Balaban J connectivity index is 2.10. The van der Waals surface area contributed by atoms with E-state index in [-0.39, 0.29) is 33.2 Å². The summed E-state index contributed by atoms with van der Waals surface area (Å²) in [6, 6.07) is 15.9. The quantitative estimate of drug-likeness (QED) is 0.323. The van der Waals surface area contributed by atoms with Crippen molar-refractivity contribution in [3.05, 3.63) is 81.9 Å². The number of para-hydroxylation sites is 2. The maximum Gasteiger partial charge on any atom is 0.128 e. The van der Waals surface area contributed by atoms with Crippen molar-refractivity contribution in [1.29, 1.82) is 0 Å². The molecule has 3 aromatic carbocycles. The Bertz CT molecular complexity index is 1320. The molecule has 214 valence electrons. The Morgan fingerprint density at radius 3 is 1.10 bits per heavy atom. The molecule has 0 heterocycles. The van der Waals surface area contributed by atoms with Gasteiger partial charge in [-0.1, -0.05) is 107 Å². The predicted octanol–water partition coefficient (Wildman–Crippen LogP) is 9.79. The number of aromatic hydroxyl groups is 2. The third kappa shape index (κ3) is 7.21. The van der Waals surface area contributed by atoms with Gasteiger partial charge in [0.2, 0.25) is 0 Å². The summed E-state index contributed by atoms with van der Waals surface area (Å²) in [5, 5.41) is 22.4. The van der Waals surface area contributed by atoms with E-state index < -0.39 is 0 Å². The van der Waals surface area contributed by atoms with E-state index in [0.717, 1.165) is 22.3 Å². The normalized spacial score (nSPS) is 13.5. The molecule has 4 heteroatoms. The summed E-state index contributed by atoms with van der Waals surface area (Å²) in [5.74, 6) is 0.507. The maximum atomic E-state index is 11.2. The van der Waals surface area contributed by atoms with Crippen LogP contribution in [0.25, 0.3) is 0 Å². The summed E-state index contributed by atoms with van der Waals surface area (Å²) >= 11 is 0. The third-order valence-corrected chi connectivity index (χ3v) is 7.19. The fourth-order valence-electron chi connectivity index (χ4n) is 4.48. The highest BCUT2D eigenvalue weighted by atomic mass is 16.3. The van der Waals surface area contributed by atoms with Gasteiger partial charge < -0.3 is 10.2 Å². The molecule has 0 bridgehead atoms. The van der Waals surface area contributed by atoms with E-state index >= 15 is 0 Å². The zero-order valence-corrected chi connectivity index (χ0v) is 26.6. The lowest BCUT2D eigenvalue weighted by atomic mass is 9.79. The molecule has 4 nitrogen and oxygen atoms in total. The Kier molecular flexibility index (Phi) is 8.46. The highest BCUT2D eigenvalue weighted by Crippen LogP contribution is 2.39. The number of phenols is 2. The van der Waals surface area contributed by atoms with E-state index in [1.54, 1.807) is 12.4 Å². The summed E-state index contributed by atoms with van der Waals surface area (Å²) in [7, 11) is 0. The molecule has 0 aliphatic rings. The highest BCUT2D eigenvalue weighted by molar-refractivity contribution is 5.90. The number of hydrogen-bond donors (Lipinski definition) is 2. The maximum absolute atomic E-state index is 11.2. The topological polar surface area (TPSA) is 65.2 Å². The molecule has 0 saturated carbocycles. The van der Waals surface area contributed by atoms with Crippen molar-refractivity contribution in [3.63, 3.8) is 0 Å². The second-order valence-corrected chi connectivity index (χ2v) is 14.9. The molecule has 0 amide bonds. The molecule has 0 radical (unpaired) electrons. The van der Waals surface area contributed by atoms with Crippen LogP contribution in [0.15, 0.2) is 58.5 Å². The van der Waals surface area contributed by atoms with Crippen molar-refractivity contribution in [2.75, 3.05) is 0 Å². The molecule has 0 fully saturated rings. The van der Waals surface area contributed by atoms with Crippen LogP contribution in [0.3, 0.4) is 0 Å². The van der Waals surface area contributed by atoms with Crippen LogP contribution in [0.2, 0.25) is 0 Å². The van der Waals surface area contributed by atoms with Crippen LogP contribution in [-0.4, -0.2) is 22.6 Å². The van der Waals surface area contributed by atoms with Crippen LogP contribution in [0.5, 0.6) is 11.5 Å². The van der Waals surface area contributed by atoms with Gasteiger partial charge in [0.1, 0.15) is 11.5 Å². The van der Waals surface area contributed by atoms with Gasteiger partial charge >= 0.3 is 0 Å². The van der Waals surface area contributed by atoms with E-state index in [0.29, 0.717) is 22.5 Å². The average molecular weight is 541 g/mol. The molecule has 0 atom stereocenters. The minimum absolute atomic E-state index is 0.0754. The van der Waals surface area contributed by atoms with E-state index in [1.165, 1.54) is 0 Å². The summed E-state index contributed by atoms with van der Waals surface area (Å²) in [5.41, 5.74) is 6.23. The zero-order valence-electron chi connectivity index (χ0n) is 26.6. The van der Waals surface area contributed by atoms with Crippen LogP contribution in [0, 0.1) is 0 Å². The van der Waals surface area contributed by atoms with E-state index in [9.17, 15) is 10.2 Å². The smallest absolute Gasteiger partial charge is 0.128 e. The van der Waals surface area contributed by atoms with Gasteiger partial charge in [-0.2, -0.15) is 0 Å². The molecule has 0 unspecified atom stereocenters. The Morgan fingerprint density at radius 1 is 0.500 bits per heavy atom. The number of aliphatic imine (C=N–C) groups is 2. The minimum atomic E-state index is -0.217. The van der Waals surface area contributed by atoms with Crippen molar-refractivity contribution in [3.8, 4) is 11.5 Å². The molecule has 2 N–H and O–H groups in total. The fourth-order valence-corrected chi connectivity index (χ4v) is 4.48. The lowest BCUT2D eigenvalue weighted by Gasteiger charge is -2.27. The van der Waals surface area contributed by atoms with E-state index in [4.69, 9.17) is 9.98 Å². The lowest BCUT2D eigenvalue weighted by Crippen LogP contribution is -2.17. The second kappa shape index (κ2) is 10.9. The third-order valence-electron chi connectivity index (χ3n) is 7.19. The van der Waals surface area contributed by atoms with Crippen LogP contribution in [0.4, 0.5) is 11.4 Å². The van der Waals surface area contributed by atoms with Crippen LogP contribution >= 0.6 is 0 Å². The molecule has 0 saturated heterocycles. The number of phenolic OH excluding ortho intramolecular Hbond substituents is 2. The number of benzene rings is 3. The van der Waals surface area contributed by atoms with Crippen molar-refractivity contribution in [2.45, 2.75) is 105 Å². The first-order valence-corrected chi connectivity index (χ1v) is 14.1. The van der Waals surface area contributed by atoms with Gasteiger partial charge in [-0.25, -0.2) is 0 Å². The van der Waals surface area contributed by atoms with Crippen molar-refractivity contribution in [2.24, 2.45) is 9.98 Å². The van der Waals surface area contributed by atoms with Gasteiger partial charge in [0, 0.05) is 34.7 Å².